The predicted molar refractivity (Wildman–Crippen MR) is 85.2 cm³/mol. The van der Waals surface area contributed by atoms with Gasteiger partial charge in [0.2, 0.25) is 0 Å². The van der Waals surface area contributed by atoms with Gasteiger partial charge in [-0.3, -0.25) is 4.79 Å². The zero-order chi connectivity index (χ0) is 15.2. The highest BCUT2D eigenvalue weighted by atomic mass is 32.2. The van der Waals surface area contributed by atoms with Crippen molar-refractivity contribution in [2.75, 3.05) is 19.7 Å². The molecule has 2 heterocycles. The van der Waals surface area contributed by atoms with Gasteiger partial charge in [0, 0.05) is 41.8 Å². The first kappa shape index (κ1) is 15.9. The molecule has 0 aliphatic carbocycles. The van der Waals surface area contributed by atoms with E-state index in [9.17, 15) is 4.79 Å². The van der Waals surface area contributed by atoms with E-state index in [4.69, 9.17) is 5.11 Å². The summed E-state index contributed by atoms with van der Waals surface area (Å²) in [5.74, 6) is 5.73. The van der Waals surface area contributed by atoms with Gasteiger partial charge >= 0.3 is 0 Å². The Morgan fingerprint density at radius 2 is 2.14 bits per heavy atom. The summed E-state index contributed by atoms with van der Waals surface area (Å²) >= 11 is 1.92. The zero-order valence-corrected chi connectivity index (χ0v) is 13.2. The van der Waals surface area contributed by atoms with Crippen LogP contribution in [-0.4, -0.2) is 51.1 Å². The quantitative estimate of drug-likeness (QED) is 0.846. The fourth-order valence-electron chi connectivity index (χ4n) is 2.32. The Labute approximate surface area is 129 Å². The average Bonchev–Trinajstić information content (AvgIpc) is 2.46. The van der Waals surface area contributed by atoms with E-state index in [1.165, 1.54) is 0 Å². The van der Waals surface area contributed by atoms with Crippen LogP contribution in [0, 0.1) is 11.8 Å². The van der Waals surface area contributed by atoms with E-state index in [1.807, 2.05) is 16.7 Å². The van der Waals surface area contributed by atoms with Gasteiger partial charge in [0.05, 0.1) is 6.61 Å². The van der Waals surface area contributed by atoms with Gasteiger partial charge in [-0.05, 0) is 12.1 Å². The molecule has 1 aliphatic rings. The molecule has 2 unspecified atom stereocenters. The first-order valence-corrected chi connectivity index (χ1v) is 8.05. The highest BCUT2D eigenvalue weighted by Gasteiger charge is 2.26. The van der Waals surface area contributed by atoms with Gasteiger partial charge in [-0.25, -0.2) is 4.98 Å². The minimum Gasteiger partial charge on any atom is -0.395 e. The van der Waals surface area contributed by atoms with E-state index >= 15 is 0 Å². The molecule has 1 N–H and O–H groups in total. The van der Waals surface area contributed by atoms with Crippen molar-refractivity contribution in [3.63, 3.8) is 0 Å². The fraction of sp³-hybridized carbons (Fsp3) is 0.500. The lowest BCUT2D eigenvalue weighted by atomic mass is 10.2. The summed E-state index contributed by atoms with van der Waals surface area (Å²) in [5.41, 5.74) is 1.23. The Morgan fingerprint density at radius 1 is 1.43 bits per heavy atom. The Bertz CT molecular complexity index is 538. The molecule has 1 aromatic rings. The Morgan fingerprint density at radius 3 is 2.71 bits per heavy atom. The Kier molecular flexibility index (Phi) is 5.66. The van der Waals surface area contributed by atoms with E-state index in [0.717, 1.165) is 18.7 Å². The third-order valence-electron chi connectivity index (χ3n) is 3.16. The van der Waals surface area contributed by atoms with Crippen LogP contribution in [0.5, 0.6) is 0 Å². The average molecular weight is 304 g/mol. The molecule has 0 radical (unpaired) electrons. The number of carbonyl (C=O) groups is 1. The van der Waals surface area contributed by atoms with Crippen LogP contribution in [0.4, 0.5) is 0 Å². The molecule has 1 fully saturated rings. The largest absolute Gasteiger partial charge is 0.395 e. The number of aliphatic hydroxyl groups excluding tert-OH is 1. The lowest BCUT2D eigenvalue weighted by Crippen LogP contribution is -2.44. The van der Waals surface area contributed by atoms with Gasteiger partial charge in [0.1, 0.15) is 5.69 Å². The lowest BCUT2D eigenvalue weighted by Gasteiger charge is -2.34. The lowest BCUT2D eigenvalue weighted by molar-refractivity contribution is 0.0747. The molecule has 112 valence electrons. The molecule has 1 saturated heterocycles. The van der Waals surface area contributed by atoms with Crippen LogP contribution in [0.1, 0.15) is 36.3 Å². The third-order valence-corrected chi connectivity index (χ3v) is 4.39. The van der Waals surface area contributed by atoms with Gasteiger partial charge in [-0.15, -0.1) is 0 Å². The van der Waals surface area contributed by atoms with Crippen molar-refractivity contribution in [3.8, 4) is 11.8 Å². The number of hydrogen-bond donors (Lipinski definition) is 1. The van der Waals surface area contributed by atoms with Crippen LogP contribution < -0.4 is 0 Å². The number of nitrogens with zero attached hydrogens (tertiary/aromatic N) is 2. The number of hydrogen-bond acceptors (Lipinski definition) is 4. The topological polar surface area (TPSA) is 53.4 Å². The number of rotatable bonds is 2. The van der Waals surface area contributed by atoms with E-state index in [0.29, 0.717) is 22.6 Å². The van der Waals surface area contributed by atoms with E-state index < -0.39 is 0 Å². The Balaban J connectivity index is 2.04. The molecule has 5 heteroatoms. The smallest absolute Gasteiger partial charge is 0.272 e. The summed E-state index contributed by atoms with van der Waals surface area (Å²) in [4.78, 5) is 18.5. The van der Waals surface area contributed by atoms with Crippen LogP contribution in [-0.2, 0) is 0 Å². The summed E-state index contributed by atoms with van der Waals surface area (Å²) in [6.45, 7) is 5.89. The van der Waals surface area contributed by atoms with Crippen molar-refractivity contribution < 1.29 is 9.90 Å². The summed E-state index contributed by atoms with van der Waals surface area (Å²) < 4.78 is 0. The van der Waals surface area contributed by atoms with E-state index in [-0.39, 0.29) is 12.5 Å². The molecular formula is C16H20N2O2S. The molecule has 4 nitrogen and oxygen atoms in total. The van der Waals surface area contributed by atoms with Crippen LogP contribution >= 0.6 is 11.8 Å². The number of aromatic nitrogens is 1. The molecule has 0 aromatic carbocycles. The van der Waals surface area contributed by atoms with Crippen molar-refractivity contribution in [2.24, 2.45) is 0 Å². The van der Waals surface area contributed by atoms with Crippen molar-refractivity contribution in [2.45, 2.75) is 30.8 Å². The molecule has 1 amide bonds. The van der Waals surface area contributed by atoms with Gasteiger partial charge in [-0.1, -0.05) is 25.7 Å². The molecule has 0 saturated carbocycles. The summed E-state index contributed by atoms with van der Waals surface area (Å²) in [5, 5.41) is 9.60. The second-order valence-corrected chi connectivity index (χ2v) is 7.06. The van der Waals surface area contributed by atoms with Gasteiger partial charge in [0.15, 0.2) is 0 Å². The van der Waals surface area contributed by atoms with Crippen LogP contribution in [0.2, 0.25) is 0 Å². The minimum atomic E-state index is -0.0103. The molecule has 0 spiro atoms. The standard InChI is InChI=1S/C16H20N2O2S/c1-12-10-18(11-13(2)21-12)16(20)15-7-6-14(9-17-15)5-3-4-8-19/h6-7,9,12-13,19H,4,8,10-11H2,1-2H3. The molecule has 1 aliphatic heterocycles. The number of carbonyl (C=O) groups excluding carboxylic acids is 1. The maximum absolute atomic E-state index is 12.4. The number of amides is 1. The minimum absolute atomic E-state index is 0.0103. The molecular weight excluding hydrogens is 284 g/mol. The van der Waals surface area contributed by atoms with Crippen molar-refractivity contribution in [1.29, 1.82) is 0 Å². The highest BCUT2D eigenvalue weighted by Crippen LogP contribution is 2.25. The maximum atomic E-state index is 12.4. The van der Waals surface area contributed by atoms with Crippen LogP contribution in [0.3, 0.4) is 0 Å². The maximum Gasteiger partial charge on any atom is 0.272 e. The normalized spacial score (nSPS) is 21.6. The van der Waals surface area contributed by atoms with Gasteiger partial charge in [-0.2, -0.15) is 11.8 Å². The first-order valence-electron chi connectivity index (χ1n) is 7.10. The summed E-state index contributed by atoms with van der Waals surface area (Å²) in [6, 6.07) is 3.53. The van der Waals surface area contributed by atoms with Crippen molar-refractivity contribution >= 4 is 17.7 Å². The van der Waals surface area contributed by atoms with Crippen molar-refractivity contribution in [1.82, 2.24) is 9.88 Å². The Hall–Kier alpha value is -1.51. The SMILES string of the molecule is CC1CN(C(=O)c2ccc(C#CCCO)cn2)CC(C)S1. The summed E-state index contributed by atoms with van der Waals surface area (Å²) in [7, 11) is 0. The molecule has 1 aromatic heterocycles. The second-order valence-electron chi connectivity index (χ2n) is 5.17. The summed E-state index contributed by atoms with van der Waals surface area (Å²) in [6.07, 6.45) is 2.06. The molecule has 0 bridgehead atoms. The molecule has 21 heavy (non-hydrogen) atoms. The van der Waals surface area contributed by atoms with Crippen molar-refractivity contribution in [3.05, 3.63) is 29.6 Å². The zero-order valence-electron chi connectivity index (χ0n) is 12.4. The predicted octanol–water partition coefficient (Wildman–Crippen LogP) is 1.78. The van der Waals surface area contributed by atoms with Gasteiger partial charge in [0.25, 0.3) is 5.91 Å². The van der Waals surface area contributed by atoms with E-state index in [1.54, 1.807) is 18.3 Å². The van der Waals surface area contributed by atoms with Crippen LogP contribution in [0.15, 0.2) is 18.3 Å². The van der Waals surface area contributed by atoms with Gasteiger partial charge < -0.3 is 10.0 Å². The highest BCUT2D eigenvalue weighted by molar-refractivity contribution is 8.00. The number of thioether (sulfide) groups is 1. The monoisotopic (exact) mass is 304 g/mol. The van der Waals surface area contributed by atoms with E-state index in [2.05, 4.69) is 30.7 Å². The number of pyridine rings is 1. The molecule has 2 atom stereocenters. The van der Waals surface area contributed by atoms with Crippen LogP contribution in [0.25, 0.3) is 0 Å². The number of aliphatic hydroxyl groups is 1. The second kappa shape index (κ2) is 7.48. The third kappa shape index (κ3) is 4.48. The fourth-order valence-corrected chi connectivity index (χ4v) is 3.65. The molecule has 2 rings (SSSR count). The first-order chi connectivity index (χ1) is 10.1.